The van der Waals surface area contributed by atoms with Crippen molar-refractivity contribution >= 4 is 11.6 Å². The first-order chi connectivity index (χ1) is 9.54. The monoisotopic (exact) mass is 274 g/mol. The van der Waals surface area contributed by atoms with Crippen molar-refractivity contribution in [1.82, 2.24) is 4.90 Å². The summed E-state index contributed by atoms with van der Waals surface area (Å²) in [7, 11) is 0. The van der Waals surface area contributed by atoms with E-state index in [0.717, 1.165) is 36.2 Å². The van der Waals surface area contributed by atoms with Crippen molar-refractivity contribution in [2.75, 3.05) is 11.9 Å². The zero-order chi connectivity index (χ0) is 14.7. The molecule has 1 amide bonds. The molecule has 1 saturated heterocycles. The van der Waals surface area contributed by atoms with Crippen molar-refractivity contribution in [1.29, 1.82) is 0 Å². The lowest BCUT2D eigenvalue weighted by Crippen LogP contribution is -2.47. The van der Waals surface area contributed by atoms with Gasteiger partial charge in [-0.2, -0.15) is 0 Å². The van der Waals surface area contributed by atoms with Gasteiger partial charge in [-0.1, -0.05) is 0 Å². The second-order valence-electron chi connectivity index (χ2n) is 5.90. The molecule has 0 spiro atoms. The molecule has 1 aromatic rings. The molecule has 1 aliphatic heterocycles. The number of amides is 1. The van der Waals surface area contributed by atoms with E-state index in [9.17, 15) is 4.79 Å². The number of carbonyl (C=O) groups excluding carboxylic acids is 1. The quantitative estimate of drug-likeness (QED) is 0.908. The number of rotatable bonds is 3. The number of hydrogen-bond acceptors (Lipinski definition) is 2. The molecule has 3 nitrogen and oxygen atoms in total. The Morgan fingerprint density at radius 2 is 1.95 bits per heavy atom. The molecule has 3 heteroatoms. The fourth-order valence-corrected chi connectivity index (χ4v) is 3.16. The minimum Gasteiger partial charge on any atom is -0.385 e. The molecule has 1 aliphatic rings. The van der Waals surface area contributed by atoms with E-state index in [4.69, 9.17) is 0 Å². The van der Waals surface area contributed by atoms with Crippen molar-refractivity contribution in [3.63, 3.8) is 0 Å². The summed E-state index contributed by atoms with van der Waals surface area (Å²) in [5.74, 6) is 0.177. The molecule has 1 heterocycles. The van der Waals surface area contributed by atoms with E-state index < -0.39 is 0 Å². The highest BCUT2D eigenvalue weighted by Crippen LogP contribution is 2.26. The highest BCUT2D eigenvalue weighted by Gasteiger charge is 2.29. The van der Waals surface area contributed by atoms with Gasteiger partial charge in [0.25, 0.3) is 5.91 Å². The molecule has 1 fully saturated rings. The topological polar surface area (TPSA) is 32.3 Å². The van der Waals surface area contributed by atoms with Crippen LogP contribution in [0.2, 0.25) is 0 Å². The minimum absolute atomic E-state index is 0.177. The molecular formula is C17H26N2O. The largest absolute Gasteiger partial charge is 0.385 e. The molecule has 110 valence electrons. The van der Waals surface area contributed by atoms with Crippen LogP contribution in [0.1, 0.15) is 56.0 Å². The van der Waals surface area contributed by atoms with Crippen LogP contribution in [0.15, 0.2) is 18.2 Å². The Bertz CT molecular complexity index is 474. The molecule has 0 saturated carbocycles. The van der Waals surface area contributed by atoms with E-state index in [1.54, 1.807) is 0 Å². The Morgan fingerprint density at radius 3 is 2.50 bits per heavy atom. The summed E-state index contributed by atoms with van der Waals surface area (Å²) in [5, 5.41) is 3.31. The molecule has 2 atom stereocenters. The van der Waals surface area contributed by atoms with E-state index in [0.29, 0.717) is 12.1 Å². The number of benzene rings is 1. The third kappa shape index (κ3) is 2.97. The smallest absolute Gasteiger partial charge is 0.254 e. The van der Waals surface area contributed by atoms with Crippen molar-refractivity contribution < 1.29 is 4.79 Å². The molecule has 0 bridgehead atoms. The van der Waals surface area contributed by atoms with E-state index in [1.165, 1.54) is 6.42 Å². The molecule has 0 unspecified atom stereocenters. The lowest BCUT2D eigenvalue weighted by Gasteiger charge is -2.39. The van der Waals surface area contributed by atoms with Gasteiger partial charge >= 0.3 is 0 Å². The van der Waals surface area contributed by atoms with Gasteiger partial charge in [0, 0.05) is 29.9 Å². The summed E-state index contributed by atoms with van der Waals surface area (Å²) >= 11 is 0. The number of piperidine rings is 1. The van der Waals surface area contributed by atoms with Gasteiger partial charge in [0.1, 0.15) is 0 Å². The predicted molar refractivity (Wildman–Crippen MR) is 84.3 cm³/mol. The Morgan fingerprint density at radius 1 is 1.30 bits per heavy atom. The number of nitrogens with one attached hydrogen (secondary N) is 1. The zero-order valence-corrected chi connectivity index (χ0v) is 13.1. The molecule has 0 radical (unpaired) electrons. The lowest BCUT2D eigenvalue weighted by atomic mass is 9.96. The van der Waals surface area contributed by atoms with Crippen molar-refractivity contribution in [2.24, 2.45) is 0 Å². The van der Waals surface area contributed by atoms with Crippen LogP contribution in [0.5, 0.6) is 0 Å². The Hall–Kier alpha value is -1.51. The second kappa shape index (κ2) is 6.29. The van der Waals surface area contributed by atoms with Crippen LogP contribution >= 0.6 is 0 Å². The highest BCUT2D eigenvalue weighted by molar-refractivity contribution is 5.95. The predicted octanol–water partition coefficient (Wildman–Crippen LogP) is 3.83. The second-order valence-corrected chi connectivity index (χ2v) is 5.90. The van der Waals surface area contributed by atoms with Gasteiger partial charge in [-0.05, 0) is 70.7 Å². The Balaban J connectivity index is 2.22. The van der Waals surface area contributed by atoms with E-state index >= 15 is 0 Å². The van der Waals surface area contributed by atoms with Gasteiger partial charge in [0.2, 0.25) is 0 Å². The fourth-order valence-electron chi connectivity index (χ4n) is 3.16. The summed E-state index contributed by atoms with van der Waals surface area (Å²) in [6.07, 6.45) is 3.46. The van der Waals surface area contributed by atoms with Gasteiger partial charge in [-0.25, -0.2) is 0 Å². The van der Waals surface area contributed by atoms with Gasteiger partial charge < -0.3 is 10.2 Å². The van der Waals surface area contributed by atoms with Gasteiger partial charge in [0.05, 0.1) is 0 Å². The number of aryl methyl sites for hydroxylation is 1. The van der Waals surface area contributed by atoms with Crippen LogP contribution in [-0.2, 0) is 0 Å². The maximum Gasteiger partial charge on any atom is 0.254 e. The van der Waals surface area contributed by atoms with Gasteiger partial charge in [-0.3, -0.25) is 4.79 Å². The maximum absolute atomic E-state index is 12.7. The molecular weight excluding hydrogens is 248 g/mol. The molecule has 20 heavy (non-hydrogen) atoms. The zero-order valence-electron chi connectivity index (χ0n) is 13.1. The highest BCUT2D eigenvalue weighted by atomic mass is 16.2. The van der Waals surface area contributed by atoms with Crippen LogP contribution in [-0.4, -0.2) is 29.4 Å². The number of likely N-dealkylation sites (tertiary alicyclic amines) is 1. The van der Waals surface area contributed by atoms with Crippen LogP contribution in [0.3, 0.4) is 0 Å². The maximum atomic E-state index is 12.7. The van der Waals surface area contributed by atoms with Crippen LogP contribution in [0, 0.1) is 6.92 Å². The molecule has 0 aliphatic carbocycles. The number of hydrogen-bond donors (Lipinski definition) is 1. The van der Waals surface area contributed by atoms with Gasteiger partial charge in [-0.15, -0.1) is 0 Å². The van der Waals surface area contributed by atoms with E-state index in [2.05, 4.69) is 37.9 Å². The van der Waals surface area contributed by atoms with Crippen molar-refractivity contribution in [3.05, 3.63) is 29.3 Å². The van der Waals surface area contributed by atoms with E-state index in [1.807, 2.05) is 18.2 Å². The number of anilines is 1. The third-order valence-electron chi connectivity index (χ3n) is 4.27. The summed E-state index contributed by atoms with van der Waals surface area (Å²) in [6.45, 7) is 9.35. The molecule has 0 aromatic heterocycles. The minimum atomic E-state index is 0.177. The van der Waals surface area contributed by atoms with Crippen LogP contribution in [0.4, 0.5) is 5.69 Å². The lowest BCUT2D eigenvalue weighted by molar-refractivity contribution is 0.0510. The van der Waals surface area contributed by atoms with Gasteiger partial charge in [0.15, 0.2) is 0 Å². The SMILES string of the molecule is CCNc1ccc(C(=O)N2[C@H](C)CCC[C@@H]2C)cc1C. The standard InChI is InChI=1S/C17H26N2O/c1-5-18-16-10-9-15(11-12(16)2)17(20)19-13(3)7-6-8-14(19)4/h9-11,13-14,18H,5-8H2,1-4H3/t13-,14+. The molecule has 1 N–H and O–H groups in total. The summed E-state index contributed by atoms with van der Waals surface area (Å²) in [4.78, 5) is 14.8. The van der Waals surface area contributed by atoms with Crippen molar-refractivity contribution in [3.8, 4) is 0 Å². The van der Waals surface area contributed by atoms with E-state index in [-0.39, 0.29) is 5.91 Å². The average Bonchev–Trinajstić information content (AvgIpc) is 2.41. The van der Waals surface area contributed by atoms with Crippen LogP contribution < -0.4 is 5.32 Å². The third-order valence-corrected chi connectivity index (χ3v) is 4.27. The Labute approximate surface area is 122 Å². The molecule has 1 aromatic carbocycles. The average molecular weight is 274 g/mol. The normalized spacial score (nSPS) is 22.7. The Kier molecular flexibility index (Phi) is 4.69. The summed E-state index contributed by atoms with van der Waals surface area (Å²) < 4.78 is 0. The summed E-state index contributed by atoms with van der Waals surface area (Å²) in [5.41, 5.74) is 3.06. The van der Waals surface area contributed by atoms with Crippen LogP contribution in [0.25, 0.3) is 0 Å². The fraction of sp³-hybridized carbons (Fsp3) is 0.588. The first-order valence-corrected chi connectivity index (χ1v) is 7.71. The number of nitrogens with zero attached hydrogens (tertiary/aromatic N) is 1. The van der Waals surface area contributed by atoms with Crippen molar-refractivity contribution in [2.45, 2.75) is 59.0 Å². The first kappa shape index (κ1) is 14.9. The molecule has 2 rings (SSSR count). The first-order valence-electron chi connectivity index (χ1n) is 7.71. The summed E-state index contributed by atoms with van der Waals surface area (Å²) in [6, 6.07) is 6.67. The number of carbonyl (C=O) groups is 1.